The van der Waals surface area contributed by atoms with E-state index in [1.807, 2.05) is 20.8 Å². The van der Waals surface area contributed by atoms with Gasteiger partial charge in [0, 0.05) is 12.1 Å². The first-order valence-electron chi connectivity index (χ1n) is 5.78. The molecule has 1 aromatic heterocycles. The minimum Gasteiger partial charge on any atom is -0.324 e. The number of hydrogen-bond donors (Lipinski definition) is 2. The van der Waals surface area contributed by atoms with Gasteiger partial charge in [0.1, 0.15) is 4.21 Å². The Morgan fingerprint density at radius 1 is 1.44 bits per heavy atom. The highest BCUT2D eigenvalue weighted by atomic mass is 79.9. The molecule has 0 aromatic carbocycles. The van der Waals surface area contributed by atoms with Crippen molar-refractivity contribution in [2.45, 2.75) is 43.4 Å². The molecule has 0 bridgehead atoms. The number of aryl methyl sites for hydroxylation is 1. The van der Waals surface area contributed by atoms with Gasteiger partial charge >= 0.3 is 0 Å². The van der Waals surface area contributed by atoms with E-state index in [-0.39, 0.29) is 6.54 Å². The second kappa shape index (κ2) is 6.00. The summed E-state index contributed by atoms with van der Waals surface area (Å²) in [5, 5.41) is 0. The molecule has 1 aromatic rings. The summed E-state index contributed by atoms with van der Waals surface area (Å²) < 4.78 is 28.0. The summed E-state index contributed by atoms with van der Waals surface area (Å²) in [6, 6.07) is 1.66. The van der Waals surface area contributed by atoms with E-state index in [2.05, 4.69) is 20.7 Å². The van der Waals surface area contributed by atoms with Gasteiger partial charge in [-0.25, -0.2) is 13.1 Å². The standard InChI is InChI=1S/C11H19BrN2O2S2/c1-4-11(13,5-2)7-14-18(15,16)9-6-8(3)10(12)17-9/h6,14H,4-5,7,13H2,1-3H3. The van der Waals surface area contributed by atoms with Gasteiger partial charge < -0.3 is 5.73 Å². The summed E-state index contributed by atoms with van der Waals surface area (Å²) in [7, 11) is -3.46. The van der Waals surface area contributed by atoms with Crippen LogP contribution in [-0.2, 0) is 10.0 Å². The van der Waals surface area contributed by atoms with Crippen LogP contribution in [0.5, 0.6) is 0 Å². The number of nitrogens with two attached hydrogens (primary N) is 1. The molecule has 18 heavy (non-hydrogen) atoms. The molecule has 4 nitrogen and oxygen atoms in total. The van der Waals surface area contributed by atoms with Crippen molar-refractivity contribution in [1.29, 1.82) is 0 Å². The molecule has 0 fully saturated rings. The lowest BCUT2D eigenvalue weighted by Gasteiger charge is -2.26. The van der Waals surface area contributed by atoms with Crippen LogP contribution in [0.4, 0.5) is 0 Å². The van der Waals surface area contributed by atoms with Crippen LogP contribution in [0.2, 0.25) is 0 Å². The monoisotopic (exact) mass is 354 g/mol. The van der Waals surface area contributed by atoms with Crippen molar-refractivity contribution in [1.82, 2.24) is 4.72 Å². The summed E-state index contributed by atoms with van der Waals surface area (Å²) in [4.78, 5) is 0. The van der Waals surface area contributed by atoms with Crippen molar-refractivity contribution in [3.05, 3.63) is 15.4 Å². The van der Waals surface area contributed by atoms with E-state index in [0.29, 0.717) is 4.21 Å². The molecule has 3 N–H and O–H groups in total. The zero-order valence-corrected chi connectivity index (χ0v) is 14.0. The molecule has 1 rings (SSSR count). The summed E-state index contributed by atoms with van der Waals surface area (Å²) in [6.45, 7) is 6.05. The van der Waals surface area contributed by atoms with Crippen LogP contribution in [0.1, 0.15) is 32.3 Å². The lowest BCUT2D eigenvalue weighted by atomic mass is 9.95. The predicted molar refractivity (Wildman–Crippen MR) is 79.4 cm³/mol. The van der Waals surface area contributed by atoms with Gasteiger partial charge in [-0.2, -0.15) is 0 Å². The Kier molecular flexibility index (Phi) is 5.37. The van der Waals surface area contributed by atoms with Gasteiger partial charge in [-0.3, -0.25) is 0 Å². The molecule has 7 heteroatoms. The SMILES string of the molecule is CCC(N)(CC)CNS(=O)(=O)c1cc(C)c(Br)s1. The largest absolute Gasteiger partial charge is 0.324 e. The lowest BCUT2D eigenvalue weighted by Crippen LogP contribution is -2.49. The van der Waals surface area contributed by atoms with Gasteiger partial charge in [-0.05, 0) is 47.3 Å². The highest BCUT2D eigenvalue weighted by Gasteiger charge is 2.25. The van der Waals surface area contributed by atoms with Crippen molar-refractivity contribution in [2.24, 2.45) is 5.73 Å². The van der Waals surface area contributed by atoms with Crippen molar-refractivity contribution in [2.75, 3.05) is 6.54 Å². The van der Waals surface area contributed by atoms with Crippen LogP contribution in [0.15, 0.2) is 14.1 Å². The Balaban J connectivity index is 2.83. The van der Waals surface area contributed by atoms with Crippen molar-refractivity contribution in [3.8, 4) is 0 Å². The third-order valence-electron chi connectivity index (χ3n) is 3.12. The fourth-order valence-electron chi connectivity index (χ4n) is 1.37. The van der Waals surface area contributed by atoms with Crippen LogP contribution in [0.3, 0.4) is 0 Å². The van der Waals surface area contributed by atoms with Crippen molar-refractivity contribution in [3.63, 3.8) is 0 Å². The van der Waals surface area contributed by atoms with Gasteiger partial charge in [0.25, 0.3) is 0 Å². The van der Waals surface area contributed by atoms with Crippen molar-refractivity contribution < 1.29 is 8.42 Å². The van der Waals surface area contributed by atoms with Gasteiger partial charge in [0.15, 0.2) is 0 Å². The minimum absolute atomic E-state index is 0.261. The number of sulfonamides is 1. The van der Waals surface area contributed by atoms with Gasteiger partial charge in [-0.15, -0.1) is 11.3 Å². The summed E-state index contributed by atoms with van der Waals surface area (Å²) in [5.41, 5.74) is 6.53. The van der Waals surface area contributed by atoms with E-state index in [9.17, 15) is 8.42 Å². The maximum atomic E-state index is 12.1. The molecule has 0 unspecified atom stereocenters. The van der Waals surface area contributed by atoms with E-state index in [0.717, 1.165) is 22.2 Å². The van der Waals surface area contributed by atoms with Crippen LogP contribution < -0.4 is 10.5 Å². The molecule has 104 valence electrons. The smallest absolute Gasteiger partial charge is 0.250 e. The van der Waals surface area contributed by atoms with E-state index >= 15 is 0 Å². The van der Waals surface area contributed by atoms with Gasteiger partial charge in [0.05, 0.1) is 3.79 Å². The third-order valence-corrected chi connectivity index (χ3v) is 7.13. The average molecular weight is 355 g/mol. The molecule has 0 aliphatic rings. The second-order valence-electron chi connectivity index (χ2n) is 4.42. The van der Waals surface area contributed by atoms with E-state index in [1.54, 1.807) is 6.07 Å². The Hall–Kier alpha value is 0.0500. The number of halogens is 1. The highest BCUT2D eigenvalue weighted by Crippen LogP contribution is 2.30. The lowest BCUT2D eigenvalue weighted by molar-refractivity contribution is 0.392. The molecule has 0 spiro atoms. The molecule has 0 radical (unpaired) electrons. The topological polar surface area (TPSA) is 72.2 Å². The molecule has 0 aliphatic carbocycles. The highest BCUT2D eigenvalue weighted by molar-refractivity contribution is 9.11. The molecule has 0 saturated heterocycles. The molecule has 0 aliphatic heterocycles. The normalized spacial score (nSPS) is 12.9. The number of thiophene rings is 1. The summed E-state index contributed by atoms with van der Waals surface area (Å²) in [5.74, 6) is 0. The van der Waals surface area contributed by atoms with Gasteiger partial charge in [0.2, 0.25) is 10.0 Å². The van der Waals surface area contributed by atoms with Crippen LogP contribution in [0, 0.1) is 6.92 Å². The Bertz CT molecular complexity index is 488. The Morgan fingerprint density at radius 2 is 2.00 bits per heavy atom. The fraction of sp³-hybridized carbons (Fsp3) is 0.636. The molecule has 1 heterocycles. The third kappa shape index (κ3) is 3.77. The average Bonchev–Trinajstić information content (AvgIpc) is 2.68. The number of rotatable bonds is 6. The zero-order chi connectivity index (χ0) is 14.0. The van der Waals surface area contributed by atoms with Crippen LogP contribution >= 0.6 is 27.3 Å². The fourth-order valence-corrected chi connectivity index (χ4v) is 4.78. The van der Waals surface area contributed by atoms with Crippen LogP contribution in [0.25, 0.3) is 0 Å². The first kappa shape index (κ1) is 16.1. The Morgan fingerprint density at radius 3 is 2.39 bits per heavy atom. The Labute approximate surface area is 121 Å². The van der Waals surface area contributed by atoms with Crippen molar-refractivity contribution >= 4 is 37.3 Å². The maximum absolute atomic E-state index is 12.1. The molecule has 0 atom stereocenters. The summed E-state index contributed by atoms with van der Waals surface area (Å²) in [6.07, 6.45) is 1.47. The van der Waals surface area contributed by atoms with Gasteiger partial charge in [-0.1, -0.05) is 13.8 Å². The van der Waals surface area contributed by atoms with E-state index in [4.69, 9.17) is 5.73 Å². The summed E-state index contributed by atoms with van der Waals surface area (Å²) >= 11 is 4.54. The first-order chi connectivity index (χ1) is 8.24. The number of nitrogens with one attached hydrogen (secondary N) is 1. The molecule has 0 amide bonds. The second-order valence-corrected chi connectivity index (χ2v) is 8.78. The maximum Gasteiger partial charge on any atom is 0.250 e. The van der Waals surface area contributed by atoms with E-state index in [1.165, 1.54) is 11.3 Å². The zero-order valence-electron chi connectivity index (χ0n) is 10.8. The number of hydrogen-bond acceptors (Lipinski definition) is 4. The molecule has 0 saturated carbocycles. The molecular formula is C11H19BrN2O2S2. The minimum atomic E-state index is -3.46. The quantitative estimate of drug-likeness (QED) is 0.824. The first-order valence-corrected chi connectivity index (χ1v) is 8.88. The van der Waals surface area contributed by atoms with Crippen LogP contribution in [-0.4, -0.2) is 20.5 Å². The predicted octanol–water partition coefficient (Wildman–Crippen LogP) is 2.61. The molecular weight excluding hydrogens is 336 g/mol. The van der Waals surface area contributed by atoms with E-state index < -0.39 is 15.6 Å².